The molecule has 0 aliphatic carbocycles. The van der Waals surface area contributed by atoms with Crippen molar-refractivity contribution < 1.29 is 36.2 Å². The van der Waals surface area contributed by atoms with Crippen LogP contribution in [0.2, 0.25) is 0 Å². The number of non-ortho nitro benzene ring substituents is 2. The van der Waals surface area contributed by atoms with Crippen molar-refractivity contribution in [2.45, 2.75) is 12.4 Å². The van der Waals surface area contributed by atoms with Crippen LogP contribution in [-0.4, -0.2) is 29.8 Å². The van der Waals surface area contributed by atoms with Gasteiger partial charge >= 0.3 is 12.4 Å². The number of benzene rings is 3. The zero-order valence-electron chi connectivity index (χ0n) is 27.7. The molecule has 0 atom stereocenters. The van der Waals surface area contributed by atoms with E-state index in [1.165, 1.54) is 48.5 Å². The van der Waals surface area contributed by atoms with Gasteiger partial charge in [-0.3, -0.25) is 20.2 Å². The first kappa shape index (κ1) is 34.8. The highest BCUT2D eigenvalue weighted by atomic mass is 19.4. The number of hydrogen-bond donors (Lipinski definition) is 3. The predicted octanol–water partition coefficient (Wildman–Crippen LogP) is 11.6. The highest BCUT2D eigenvalue weighted by Gasteiger charge is 2.37. The van der Waals surface area contributed by atoms with Gasteiger partial charge < -0.3 is 15.0 Å². The molecule has 0 saturated heterocycles. The summed E-state index contributed by atoms with van der Waals surface area (Å²) in [5, 5.41) is 23.5. The van der Waals surface area contributed by atoms with Crippen LogP contribution in [-0.2, 0) is 12.4 Å². The molecule has 0 spiro atoms. The molecule has 8 rings (SSSR count). The molecular formula is C39H22F6N6O4. The molecule has 0 radical (unpaired) electrons. The minimum atomic E-state index is -5.14. The maximum atomic E-state index is 14.2. The van der Waals surface area contributed by atoms with Crippen LogP contribution in [0.25, 0.3) is 78.6 Å². The Bertz CT molecular complexity index is 2850. The number of halogens is 6. The van der Waals surface area contributed by atoms with E-state index in [4.69, 9.17) is 4.98 Å². The summed E-state index contributed by atoms with van der Waals surface area (Å²) in [6.45, 7) is 0. The summed E-state index contributed by atoms with van der Waals surface area (Å²) in [4.78, 5) is 36.8. The summed E-state index contributed by atoms with van der Waals surface area (Å²) >= 11 is 0. The summed E-state index contributed by atoms with van der Waals surface area (Å²) in [7, 11) is 0. The molecular weight excluding hydrogens is 730 g/mol. The summed E-state index contributed by atoms with van der Waals surface area (Å²) in [5.41, 5.74) is 0.0955. The fourth-order valence-corrected chi connectivity index (χ4v) is 6.72. The fourth-order valence-electron chi connectivity index (χ4n) is 6.72. The highest BCUT2D eigenvalue weighted by molar-refractivity contribution is 6.00. The van der Waals surface area contributed by atoms with Gasteiger partial charge in [0.1, 0.15) is 0 Å². The van der Waals surface area contributed by atoms with Gasteiger partial charge in [0.2, 0.25) is 0 Å². The first-order valence-electron chi connectivity index (χ1n) is 16.3. The Morgan fingerprint density at radius 1 is 0.473 bits per heavy atom. The van der Waals surface area contributed by atoms with Gasteiger partial charge in [0.15, 0.2) is 0 Å². The largest absolute Gasteiger partial charge is 0.416 e. The number of rotatable bonds is 5. The standard InChI is InChI=1S/C39H22F6N6O4/c40-38(41,42)23-15-22(16-24(19-23)39(43,44)45)37-33-13-11-31(48-33)35(20-3-1-5-25(17-20)50(52)53)29-9-7-27(46-29)28-8-10-30(47-28)36(32-12-14-34(37)49-32)21-4-2-6-26(18-21)51(54)55/h1-19,46,48-49H. The van der Waals surface area contributed by atoms with Crippen LogP contribution in [0.1, 0.15) is 22.5 Å². The van der Waals surface area contributed by atoms with Crippen molar-refractivity contribution in [3.8, 4) is 33.4 Å². The number of H-pyrrole nitrogens is 3. The zero-order valence-corrected chi connectivity index (χ0v) is 27.7. The number of nitro groups is 2. The van der Waals surface area contributed by atoms with Crippen molar-refractivity contribution in [2.24, 2.45) is 0 Å². The van der Waals surface area contributed by atoms with Gasteiger partial charge in [-0.15, -0.1) is 0 Å². The van der Waals surface area contributed by atoms with Gasteiger partial charge in [0.25, 0.3) is 11.4 Å². The van der Waals surface area contributed by atoms with E-state index >= 15 is 0 Å². The Morgan fingerprint density at radius 3 is 1.35 bits per heavy atom. The second kappa shape index (κ2) is 12.7. The van der Waals surface area contributed by atoms with E-state index in [0.717, 1.165) is 0 Å². The molecule has 3 N–H and O–H groups in total. The Morgan fingerprint density at radius 2 is 0.873 bits per heavy atom. The van der Waals surface area contributed by atoms with E-state index in [1.807, 2.05) is 0 Å². The van der Waals surface area contributed by atoms with Crippen molar-refractivity contribution >= 4 is 56.6 Å². The van der Waals surface area contributed by atoms with Crippen LogP contribution < -0.4 is 0 Å². The molecule has 4 aromatic heterocycles. The van der Waals surface area contributed by atoms with Gasteiger partial charge in [-0.1, -0.05) is 24.3 Å². The van der Waals surface area contributed by atoms with E-state index in [1.54, 1.807) is 48.6 Å². The zero-order chi connectivity index (χ0) is 38.8. The van der Waals surface area contributed by atoms with Gasteiger partial charge in [-0.05, 0) is 83.4 Å². The van der Waals surface area contributed by atoms with Crippen LogP contribution in [0, 0.1) is 20.2 Å². The molecule has 7 aromatic rings. The van der Waals surface area contributed by atoms with E-state index in [-0.39, 0.29) is 34.0 Å². The molecule has 1 aliphatic heterocycles. The number of nitro benzene ring substituents is 2. The number of fused-ring (bicyclic) bond motifs is 9. The minimum absolute atomic E-state index is 0.0424. The van der Waals surface area contributed by atoms with Crippen LogP contribution in [0.4, 0.5) is 37.7 Å². The van der Waals surface area contributed by atoms with Crippen LogP contribution in [0.3, 0.4) is 0 Å². The molecule has 3 aromatic carbocycles. The lowest BCUT2D eigenvalue weighted by molar-refractivity contribution is -0.385. The Labute approximate surface area is 304 Å². The van der Waals surface area contributed by atoms with Crippen molar-refractivity contribution in [1.82, 2.24) is 19.9 Å². The molecule has 0 unspecified atom stereocenters. The summed E-state index contributed by atoms with van der Waals surface area (Å²) in [6, 6.07) is 22.3. The van der Waals surface area contributed by atoms with Crippen molar-refractivity contribution in [2.75, 3.05) is 0 Å². The van der Waals surface area contributed by atoms with Crippen molar-refractivity contribution in [1.29, 1.82) is 0 Å². The monoisotopic (exact) mass is 752 g/mol. The normalized spacial score (nSPS) is 12.4. The maximum Gasteiger partial charge on any atom is 0.416 e. The lowest BCUT2D eigenvalue weighted by Gasteiger charge is -2.14. The minimum Gasteiger partial charge on any atom is -0.354 e. The third-order valence-corrected chi connectivity index (χ3v) is 9.14. The summed E-state index contributed by atoms with van der Waals surface area (Å²) in [6.07, 6.45) is -6.91. The van der Waals surface area contributed by atoms with E-state index in [0.29, 0.717) is 67.8 Å². The van der Waals surface area contributed by atoms with E-state index in [2.05, 4.69) is 15.0 Å². The van der Waals surface area contributed by atoms with Gasteiger partial charge in [-0.2, -0.15) is 26.3 Å². The second-order valence-electron chi connectivity index (χ2n) is 12.6. The molecule has 0 saturated carbocycles. The lowest BCUT2D eigenvalue weighted by Crippen LogP contribution is -2.11. The molecule has 10 nitrogen and oxygen atoms in total. The third kappa shape index (κ3) is 6.43. The average molecular weight is 753 g/mol. The molecule has 8 bridgehead atoms. The predicted molar refractivity (Wildman–Crippen MR) is 195 cm³/mol. The van der Waals surface area contributed by atoms with E-state index < -0.39 is 38.9 Å². The van der Waals surface area contributed by atoms with Crippen LogP contribution in [0.15, 0.2) is 103 Å². The van der Waals surface area contributed by atoms with Gasteiger partial charge in [0.05, 0.1) is 37.9 Å². The van der Waals surface area contributed by atoms with Crippen LogP contribution in [0.5, 0.6) is 0 Å². The van der Waals surface area contributed by atoms with Gasteiger partial charge in [-0.25, -0.2) is 4.98 Å². The molecule has 0 fully saturated rings. The Hall–Kier alpha value is -7.23. The number of alkyl halides is 6. The molecule has 274 valence electrons. The molecule has 55 heavy (non-hydrogen) atoms. The number of nitrogens with zero attached hydrogens (tertiary/aromatic N) is 3. The van der Waals surface area contributed by atoms with E-state index in [9.17, 15) is 46.6 Å². The Balaban J connectivity index is 1.56. The SMILES string of the molecule is O=[N+]([O-])c1cccc(-c2c3nc(c4ccc([nH]4)c(-c4cccc([N+](=O)[O-])c4)c4ccc([nH]4)c(-c4cc(C(F)(F)F)cc(C(F)(F)F)c4)c4ccc2[nH]4)C=C3)c1. The number of aromatic nitrogens is 4. The van der Waals surface area contributed by atoms with Crippen molar-refractivity contribution in [3.63, 3.8) is 0 Å². The summed E-state index contributed by atoms with van der Waals surface area (Å²) in [5.74, 6) is 0. The van der Waals surface area contributed by atoms with Crippen LogP contribution >= 0.6 is 0 Å². The summed E-state index contributed by atoms with van der Waals surface area (Å²) < 4.78 is 85.1. The average Bonchev–Trinajstić information content (AvgIpc) is 3.97. The second-order valence-corrected chi connectivity index (χ2v) is 12.6. The fraction of sp³-hybridized carbons (Fsp3) is 0.0513. The number of nitrogens with one attached hydrogen (secondary N) is 3. The van der Waals surface area contributed by atoms with Crippen molar-refractivity contribution in [3.05, 3.63) is 146 Å². The first-order valence-corrected chi connectivity index (χ1v) is 16.3. The number of aromatic amines is 3. The molecule has 0 amide bonds. The number of hydrogen-bond acceptors (Lipinski definition) is 5. The molecule has 16 heteroatoms. The lowest BCUT2D eigenvalue weighted by atomic mass is 9.98. The first-order chi connectivity index (χ1) is 26.1. The van der Waals surface area contributed by atoms with Gasteiger partial charge in [0, 0.05) is 68.5 Å². The molecule has 1 aliphatic rings. The highest BCUT2D eigenvalue weighted by Crippen LogP contribution is 2.42. The quantitative estimate of drug-likeness (QED) is 0.0909. The Kier molecular flexibility index (Phi) is 8.06. The topological polar surface area (TPSA) is 147 Å². The smallest absolute Gasteiger partial charge is 0.354 e. The maximum absolute atomic E-state index is 14.2. The molecule has 5 heterocycles. The third-order valence-electron chi connectivity index (χ3n) is 9.14.